The molecular weight excluding hydrogens is 504 g/mol. The van der Waals surface area contributed by atoms with Crippen LogP contribution in [-0.2, 0) is 19.2 Å². The molecule has 0 radical (unpaired) electrons. The molecule has 224 valence electrons. The van der Waals surface area contributed by atoms with Crippen LogP contribution in [0.3, 0.4) is 0 Å². The van der Waals surface area contributed by atoms with Gasteiger partial charge in [0.25, 0.3) is 5.09 Å². The second-order valence-electron chi connectivity index (χ2n) is 8.44. The molecule has 1 aromatic carbocycles. The van der Waals surface area contributed by atoms with Crippen molar-refractivity contribution in [2.75, 3.05) is 34.0 Å². The van der Waals surface area contributed by atoms with Crippen LogP contribution >= 0.6 is 0 Å². The SMILES string of the molecule is CC.CCC(=O)Oc1ccc(/C=C/C=O)cc1OC.COCCCCCCO[N+](=O)[O-].NCC1CCCCC1. The van der Waals surface area contributed by atoms with Crippen molar-refractivity contribution in [3.05, 3.63) is 40.0 Å². The summed E-state index contributed by atoms with van der Waals surface area (Å²) in [4.78, 5) is 35.2. The average Bonchev–Trinajstić information content (AvgIpc) is 2.98. The minimum atomic E-state index is -0.755. The second kappa shape index (κ2) is 28.0. The topological polar surface area (TPSA) is 140 Å². The quantitative estimate of drug-likeness (QED) is 0.0543. The number of methoxy groups -OCH3 is 2. The zero-order chi connectivity index (χ0) is 29.7. The van der Waals surface area contributed by atoms with E-state index in [0.717, 1.165) is 50.3 Å². The summed E-state index contributed by atoms with van der Waals surface area (Å²) in [7, 11) is 3.15. The van der Waals surface area contributed by atoms with Gasteiger partial charge in [0.1, 0.15) is 6.29 Å². The van der Waals surface area contributed by atoms with E-state index in [2.05, 4.69) is 4.84 Å². The summed E-state index contributed by atoms with van der Waals surface area (Å²) in [6.45, 7) is 7.60. The van der Waals surface area contributed by atoms with Gasteiger partial charge in [-0.1, -0.05) is 65.0 Å². The number of carbonyl (C=O) groups is 2. The summed E-state index contributed by atoms with van der Waals surface area (Å²) < 4.78 is 15.0. The third-order valence-electron chi connectivity index (χ3n) is 5.56. The van der Waals surface area contributed by atoms with E-state index in [-0.39, 0.29) is 12.6 Å². The molecule has 2 N–H and O–H groups in total. The predicted molar refractivity (Wildman–Crippen MR) is 154 cm³/mol. The van der Waals surface area contributed by atoms with Gasteiger partial charge in [-0.15, -0.1) is 10.1 Å². The van der Waals surface area contributed by atoms with Crippen LogP contribution in [0.2, 0.25) is 0 Å². The van der Waals surface area contributed by atoms with E-state index in [4.69, 9.17) is 19.9 Å². The van der Waals surface area contributed by atoms with Crippen molar-refractivity contribution in [1.29, 1.82) is 0 Å². The number of benzene rings is 1. The van der Waals surface area contributed by atoms with Crippen LogP contribution in [0.25, 0.3) is 6.08 Å². The van der Waals surface area contributed by atoms with Crippen LogP contribution in [0.4, 0.5) is 0 Å². The number of ether oxygens (including phenoxy) is 3. The summed E-state index contributed by atoms with van der Waals surface area (Å²) in [6, 6.07) is 5.07. The van der Waals surface area contributed by atoms with Crippen molar-refractivity contribution in [2.45, 2.75) is 85.0 Å². The lowest BCUT2D eigenvalue weighted by Gasteiger charge is -2.18. The summed E-state index contributed by atoms with van der Waals surface area (Å²) in [5.41, 5.74) is 6.30. The predicted octanol–water partition coefficient (Wildman–Crippen LogP) is 6.18. The molecule has 0 saturated heterocycles. The molecule has 0 heterocycles. The Morgan fingerprint density at radius 1 is 1.05 bits per heavy atom. The molecule has 10 heteroatoms. The van der Waals surface area contributed by atoms with Crippen molar-refractivity contribution in [3.63, 3.8) is 0 Å². The van der Waals surface area contributed by atoms with Crippen molar-refractivity contribution in [1.82, 2.24) is 0 Å². The van der Waals surface area contributed by atoms with E-state index >= 15 is 0 Å². The smallest absolute Gasteiger partial charge is 0.311 e. The molecular formula is C29H50N2O8. The number of nitrogens with two attached hydrogens (primary N) is 1. The number of hydrogen-bond donors (Lipinski definition) is 1. The van der Waals surface area contributed by atoms with Gasteiger partial charge >= 0.3 is 5.97 Å². The minimum absolute atomic E-state index is 0.208. The van der Waals surface area contributed by atoms with Crippen LogP contribution < -0.4 is 15.2 Å². The molecule has 39 heavy (non-hydrogen) atoms. The lowest BCUT2D eigenvalue weighted by molar-refractivity contribution is -0.757. The number of esters is 1. The fourth-order valence-electron chi connectivity index (χ4n) is 3.48. The first-order valence-electron chi connectivity index (χ1n) is 13.9. The first kappa shape index (κ1) is 38.2. The van der Waals surface area contributed by atoms with Crippen molar-refractivity contribution < 1.29 is 33.7 Å². The molecule has 1 aliphatic rings. The Bertz CT molecular complexity index is 781. The Morgan fingerprint density at radius 2 is 1.69 bits per heavy atom. The third kappa shape index (κ3) is 22.7. The van der Waals surface area contributed by atoms with Crippen molar-refractivity contribution in [2.24, 2.45) is 11.7 Å². The second-order valence-corrected chi connectivity index (χ2v) is 8.44. The van der Waals surface area contributed by atoms with Gasteiger partial charge in [0.15, 0.2) is 11.5 Å². The maximum atomic E-state index is 11.2. The molecule has 0 amide bonds. The fourth-order valence-corrected chi connectivity index (χ4v) is 3.48. The summed E-state index contributed by atoms with van der Waals surface area (Å²) >= 11 is 0. The van der Waals surface area contributed by atoms with E-state index in [1.807, 2.05) is 13.8 Å². The Morgan fingerprint density at radius 3 is 2.18 bits per heavy atom. The molecule has 10 nitrogen and oxygen atoms in total. The largest absolute Gasteiger partial charge is 0.493 e. The monoisotopic (exact) mass is 554 g/mol. The average molecular weight is 555 g/mol. The lowest BCUT2D eigenvalue weighted by Crippen LogP contribution is -2.16. The highest BCUT2D eigenvalue weighted by atomic mass is 16.9. The Kier molecular flexibility index (Phi) is 27.4. The fraction of sp³-hybridized carbons (Fsp3) is 0.655. The van der Waals surface area contributed by atoms with Crippen LogP contribution in [-0.4, -0.2) is 51.3 Å². The molecule has 0 bridgehead atoms. The van der Waals surface area contributed by atoms with E-state index in [1.54, 1.807) is 38.3 Å². The van der Waals surface area contributed by atoms with Gasteiger partial charge in [-0.3, -0.25) is 9.59 Å². The number of hydrogen-bond acceptors (Lipinski definition) is 9. The van der Waals surface area contributed by atoms with E-state index in [0.29, 0.717) is 24.2 Å². The van der Waals surface area contributed by atoms with Crippen LogP contribution in [0.5, 0.6) is 11.5 Å². The van der Waals surface area contributed by atoms with Crippen LogP contribution in [0.1, 0.15) is 90.5 Å². The third-order valence-corrected chi connectivity index (χ3v) is 5.56. The van der Waals surface area contributed by atoms with Gasteiger partial charge in [0.2, 0.25) is 0 Å². The molecule has 1 aromatic rings. The van der Waals surface area contributed by atoms with Crippen LogP contribution in [0, 0.1) is 16.0 Å². The number of unbranched alkanes of at least 4 members (excludes halogenated alkanes) is 3. The number of carbonyl (C=O) groups excluding carboxylic acids is 2. The van der Waals surface area contributed by atoms with Gasteiger partial charge in [0.05, 0.1) is 13.7 Å². The lowest BCUT2D eigenvalue weighted by atomic mass is 9.90. The molecule has 2 rings (SSSR count). The van der Waals surface area contributed by atoms with Gasteiger partial charge in [-0.05, 0) is 61.9 Å². The normalized spacial score (nSPS) is 12.5. The maximum absolute atomic E-state index is 11.2. The Balaban J connectivity index is 0. The van der Waals surface area contributed by atoms with Crippen molar-refractivity contribution in [3.8, 4) is 11.5 Å². The minimum Gasteiger partial charge on any atom is -0.493 e. The van der Waals surface area contributed by atoms with Crippen LogP contribution in [0.15, 0.2) is 24.3 Å². The molecule has 0 unspecified atom stereocenters. The maximum Gasteiger partial charge on any atom is 0.311 e. The van der Waals surface area contributed by atoms with E-state index in [9.17, 15) is 19.7 Å². The zero-order valence-corrected chi connectivity index (χ0v) is 24.5. The van der Waals surface area contributed by atoms with Gasteiger partial charge in [0, 0.05) is 20.1 Å². The summed E-state index contributed by atoms with van der Waals surface area (Å²) in [5.74, 6) is 1.38. The molecule has 1 saturated carbocycles. The number of aldehydes is 1. The molecule has 0 aliphatic heterocycles. The summed E-state index contributed by atoms with van der Waals surface area (Å²) in [5, 5.41) is 8.94. The molecule has 0 spiro atoms. The highest BCUT2D eigenvalue weighted by Crippen LogP contribution is 2.28. The van der Waals surface area contributed by atoms with Gasteiger partial charge in [-0.2, -0.15) is 0 Å². The van der Waals surface area contributed by atoms with Gasteiger partial charge < -0.3 is 24.8 Å². The highest BCUT2D eigenvalue weighted by molar-refractivity contribution is 5.75. The summed E-state index contributed by atoms with van der Waals surface area (Å²) in [6.07, 6.45) is 14.8. The first-order chi connectivity index (χ1) is 18.9. The zero-order valence-electron chi connectivity index (χ0n) is 24.5. The number of nitrogens with zero attached hydrogens (tertiary/aromatic N) is 1. The molecule has 0 aromatic heterocycles. The van der Waals surface area contributed by atoms with E-state index < -0.39 is 5.09 Å². The number of rotatable bonds is 14. The highest BCUT2D eigenvalue weighted by Gasteiger charge is 2.10. The molecule has 1 aliphatic carbocycles. The first-order valence-corrected chi connectivity index (χ1v) is 13.9. The molecule has 1 fully saturated rings. The Labute approximate surface area is 234 Å². The standard InChI is InChI=1S/C13H14O4.C7H15NO4.C7H15N.C2H6/c1-3-13(15)17-11-7-6-10(5-4-8-14)9-12(11)16-2;1-11-6-4-2-3-5-7-12-8(9)10;8-6-7-4-2-1-3-5-7;1-2/h4-9H,3H2,1-2H3;2-7H2,1H3;7H,1-6,8H2;1-2H3/b5-4+;;;. The van der Waals surface area contributed by atoms with Crippen molar-refractivity contribution >= 4 is 18.3 Å². The van der Waals surface area contributed by atoms with Gasteiger partial charge in [-0.25, -0.2) is 0 Å². The van der Waals surface area contributed by atoms with E-state index in [1.165, 1.54) is 45.3 Å². The number of allylic oxidation sites excluding steroid dienone is 1. The molecule has 0 atom stereocenters. The Hall–Kier alpha value is -2.98.